The summed E-state index contributed by atoms with van der Waals surface area (Å²) in [6.45, 7) is 2.25. The molecule has 0 aliphatic heterocycles. The van der Waals surface area contributed by atoms with Gasteiger partial charge in [-0.2, -0.15) is 0 Å². The highest BCUT2D eigenvalue weighted by Crippen LogP contribution is 2.21. The quantitative estimate of drug-likeness (QED) is 0.781. The van der Waals surface area contributed by atoms with Crippen LogP contribution in [0.15, 0.2) is 0 Å². The molecule has 0 radical (unpaired) electrons. The Hall–Kier alpha value is -1.26. The zero-order valence-corrected chi connectivity index (χ0v) is 12.1. The summed E-state index contributed by atoms with van der Waals surface area (Å²) in [5, 5.41) is 8.88. The molecule has 5 heteroatoms. The van der Waals surface area contributed by atoms with Crippen molar-refractivity contribution >= 4 is 12.0 Å². The number of rotatable bonds is 5. The molecule has 1 saturated carbocycles. The Morgan fingerprint density at radius 2 is 1.74 bits per heavy atom. The number of hydrogen-bond donors (Lipinski definition) is 1. The van der Waals surface area contributed by atoms with Gasteiger partial charge in [0.2, 0.25) is 0 Å². The number of urea groups is 1. The topological polar surface area (TPSA) is 60.9 Å². The normalized spacial score (nSPS) is 16.7. The first kappa shape index (κ1) is 15.8. The van der Waals surface area contributed by atoms with Crippen molar-refractivity contribution in [1.29, 1.82) is 0 Å². The van der Waals surface area contributed by atoms with E-state index in [9.17, 15) is 9.59 Å². The van der Waals surface area contributed by atoms with Gasteiger partial charge in [0.25, 0.3) is 0 Å². The Balaban J connectivity index is 2.62. The second kappa shape index (κ2) is 8.02. The van der Waals surface area contributed by atoms with Crippen LogP contribution >= 0.6 is 0 Å². The first-order valence-corrected chi connectivity index (χ1v) is 7.29. The van der Waals surface area contributed by atoms with E-state index < -0.39 is 5.97 Å². The van der Waals surface area contributed by atoms with Crippen LogP contribution in [0.5, 0.6) is 0 Å². The summed E-state index contributed by atoms with van der Waals surface area (Å²) in [6, 6.07) is 0.124. The monoisotopic (exact) mass is 270 g/mol. The zero-order valence-electron chi connectivity index (χ0n) is 12.1. The molecule has 1 N–H and O–H groups in total. The van der Waals surface area contributed by atoms with Crippen LogP contribution < -0.4 is 0 Å². The van der Waals surface area contributed by atoms with Crippen molar-refractivity contribution in [3.63, 3.8) is 0 Å². The first-order chi connectivity index (χ1) is 9.06. The number of hydrogen-bond acceptors (Lipinski definition) is 2. The molecular formula is C14H26N2O3. The van der Waals surface area contributed by atoms with Gasteiger partial charge in [-0.25, -0.2) is 4.79 Å². The van der Waals surface area contributed by atoms with Crippen molar-refractivity contribution in [2.45, 2.75) is 57.9 Å². The lowest BCUT2D eigenvalue weighted by Gasteiger charge is -2.32. The Morgan fingerprint density at radius 1 is 1.16 bits per heavy atom. The van der Waals surface area contributed by atoms with E-state index in [1.165, 1.54) is 17.7 Å². The summed E-state index contributed by atoms with van der Waals surface area (Å²) in [6.07, 6.45) is 7.66. The molecule has 5 nitrogen and oxygen atoms in total. The summed E-state index contributed by atoms with van der Waals surface area (Å²) in [5.41, 5.74) is 0. The van der Waals surface area contributed by atoms with Crippen LogP contribution in [0.3, 0.4) is 0 Å². The molecule has 110 valence electrons. The van der Waals surface area contributed by atoms with Gasteiger partial charge in [-0.15, -0.1) is 0 Å². The summed E-state index contributed by atoms with van der Waals surface area (Å²) >= 11 is 0. The van der Waals surface area contributed by atoms with Crippen molar-refractivity contribution in [2.24, 2.45) is 0 Å². The van der Waals surface area contributed by atoms with E-state index in [0.29, 0.717) is 6.54 Å². The first-order valence-electron chi connectivity index (χ1n) is 7.29. The highest BCUT2D eigenvalue weighted by Gasteiger charge is 2.25. The minimum Gasteiger partial charge on any atom is -0.480 e. The largest absolute Gasteiger partial charge is 0.480 e. The van der Waals surface area contributed by atoms with E-state index >= 15 is 0 Å². The molecule has 0 bridgehead atoms. The van der Waals surface area contributed by atoms with Crippen LogP contribution in [0.4, 0.5) is 4.79 Å². The average molecular weight is 270 g/mol. The van der Waals surface area contributed by atoms with E-state index in [-0.39, 0.29) is 18.6 Å². The third kappa shape index (κ3) is 5.09. The maximum absolute atomic E-state index is 12.4. The molecule has 0 unspecified atom stereocenters. The standard InChI is InChI=1S/C14H26N2O3/c1-3-10-16(11-13(17)18)14(19)15(2)12-8-6-4-5-7-9-12/h12H,3-11H2,1-2H3,(H,17,18). The van der Waals surface area contributed by atoms with Gasteiger partial charge < -0.3 is 14.9 Å². The Bertz CT molecular complexity index is 299. The Kier molecular flexibility index (Phi) is 6.67. The second-order valence-corrected chi connectivity index (χ2v) is 5.35. The fourth-order valence-corrected chi connectivity index (χ4v) is 2.70. The van der Waals surface area contributed by atoms with Crippen LogP contribution in [-0.2, 0) is 4.79 Å². The van der Waals surface area contributed by atoms with Crippen LogP contribution in [0.2, 0.25) is 0 Å². The predicted octanol–water partition coefficient (Wildman–Crippen LogP) is 2.56. The van der Waals surface area contributed by atoms with Crippen molar-refractivity contribution in [2.75, 3.05) is 20.1 Å². The van der Waals surface area contributed by atoms with Crippen LogP contribution in [0, 0.1) is 0 Å². The minimum absolute atomic E-state index is 0.142. The van der Waals surface area contributed by atoms with Gasteiger partial charge in [-0.05, 0) is 19.3 Å². The molecule has 0 aromatic carbocycles. The summed E-state index contributed by atoms with van der Waals surface area (Å²) in [4.78, 5) is 26.4. The maximum atomic E-state index is 12.4. The fourth-order valence-electron chi connectivity index (χ4n) is 2.70. The van der Waals surface area contributed by atoms with E-state index in [1.807, 2.05) is 14.0 Å². The molecule has 0 spiro atoms. The Morgan fingerprint density at radius 3 is 2.21 bits per heavy atom. The summed E-state index contributed by atoms with van der Waals surface area (Å²) in [7, 11) is 1.81. The highest BCUT2D eigenvalue weighted by molar-refractivity contribution is 5.80. The van der Waals surface area contributed by atoms with E-state index in [4.69, 9.17) is 5.11 Å². The van der Waals surface area contributed by atoms with Crippen LogP contribution in [0.25, 0.3) is 0 Å². The summed E-state index contributed by atoms with van der Waals surface area (Å²) < 4.78 is 0. The molecular weight excluding hydrogens is 244 g/mol. The van der Waals surface area contributed by atoms with Gasteiger partial charge in [-0.1, -0.05) is 32.6 Å². The highest BCUT2D eigenvalue weighted by atomic mass is 16.4. The number of carboxylic acid groups (broad SMARTS) is 1. The van der Waals surface area contributed by atoms with Crippen molar-refractivity contribution < 1.29 is 14.7 Å². The fraction of sp³-hybridized carbons (Fsp3) is 0.857. The third-order valence-corrected chi connectivity index (χ3v) is 3.76. The number of carboxylic acids is 1. The molecule has 1 rings (SSSR count). The lowest BCUT2D eigenvalue weighted by atomic mass is 10.1. The molecule has 0 saturated heterocycles. The van der Waals surface area contributed by atoms with Gasteiger partial charge in [0, 0.05) is 19.6 Å². The van der Waals surface area contributed by atoms with Gasteiger partial charge in [0.05, 0.1) is 0 Å². The van der Waals surface area contributed by atoms with Crippen LogP contribution in [-0.4, -0.2) is 53.1 Å². The van der Waals surface area contributed by atoms with Crippen molar-refractivity contribution in [1.82, 2.24) is 9.80 Å². The van der Waals surface area contributed by atoms with Crippen molar-refractivity contribution in [3.8, 4) is 0 Å². The number of carbonyl (C=O) groups excluding carboxylic acids is 1. The van der Waals surface area contributed by atoms with E-state index in [0.717, 1.165) is 32.1 Å². The molecule has 0 aromatic heterocycles. The summed E-state index contributed by atoms with van der Waals surface area (Å²) in [5.74, 6) is -0.948. The van der Waals surface area contributed by atoms with E-state index in [2.05, 4.69) is 0 Å². The molecule has 0 aromatic rings. The predicted molar refractivity (Wildman–Crippen MR) is 74.1 cm³/mol. The number of amides is 2. The Labute approximate surface area is 115 Å². The number of aliphatic carboxylic acids is 1. The van der Waals surface area contributed by atoms with Gasteiger partial charge >= 0.3 is 12.0 Å². The molecule has 0 heterocycles. The zero-order chi connectivity index (χ0) is 14.3. The number of nitrogens with zero attached hydrogens (tertiary/aromatic N) is 2. The minimum atomic E-state index is -0.948. The lowest BCUT2D eigenvalue weighted by Crippen LogP contribution is -2.47. The van der Waals surface area contributed by atoms with Gasteiger partial charge in [-0.3, -0.25) is 4.79 Å². The lowest BCUT2D eigenvalue weighted by molar-refractivity contribution is -0.137. The molecule has 0 atom stereocenters. The molecule has 19 heavy (non-hydrogen) atoms. The van der Waals surface area contributed by atoms with Gasteiger partial charge in [0.1, 0.15) is 6.54 Å². The van der Waals surface area contributed by atoms with Gasteiger partial charge in [0.15, 0.2) is 0 Å². The smallest absolute Gasteiger partial charge is 0.323 e. The van der Waals surface area contributed by atoms with Crippen LogP contribution in [0.1, 0.15) is 51.9 Å². The maximum Gasteiger partial charge on any atom is 0.323 e. The van der Waals surface area contributed by atoms with E-state index in [1.54, 1.807) is 4.90 Å². The van der Waals surface area contributed by atoms with Crippen molar-refractivity contribution in [3.05, 3.63) is 0 Å². The molecule has 2 amide bonds. The average Bonchev–Trinajstić information content (AvgIpc) is 2.64. The number of carbonyl (C=O) groups is 2. The molecule has 1 fully saturated rings. The second-order valence-electron chi connectivity index (χ2n) is 5.35. The third-order valence-electron chi connectivity index (χ3n) is 3.76. The molecule has 1 aliphatic rings. The SMILES string of the molecule is CCCN(CC(=O)O)C(=O)N(C)C1CCCCCC1. The molecule has 1 aliphatic carbocycles.